The molecule has 0 fully saturated rings. The van der Waals surface area contributed by atoms with Crippen LogP contribution in [0.25, 0.3) is 0 Å². The summed E-state index contributed by atoms with van der Waals surface area (Å²) in [5.74, 6) is 0.823. The highest BCUT2D eigenvalue weighted by molar-refractivity contribution is 5.93. The van der Waals surface area contributed by atoms with E-state index >= 15 is 0 Å². The maximum absolute atomic E-state index is 12.3. The number of benzene rings is 1. The fourth-order valence-electron chi connectivity index (χ4n) is 2.30. The van der Waals surface area contributed by atoms with Crippen molar-refractivity contribution in [1.82, 2.24) is 15.3 Å². The molecule has 7 heteroatoms. The van der Waals surface area contributed by atoms with E-state index in [4.69, 9.17) is 4.74 Å². The number of carbonyl (C=O) groups excluding carboxylic acids is 2. The summed E-state index contributed by atoms with van der Waals surface area (Å²) >= 11 is 0. The fraction of sp³-hybridized carbons (Fsp3) is 0.368. The van der Waals surface area contributed by atoms with Gasteiger partial charge in [-0.3, -0.25) is 4.79 Å². The molecule has 0 unspecified atom stereocenters. The van der Waals surface area contributed by atoms with Gasteiger partial charge < -0.3 is 15.4 Å². The molecule has 7 nitrogen and oxygen atoms in total. The van der Waals surface area contributed by atoms with Crippen molar-refractivity contribution in [3.8, 4) is 0 Å². The Morgan fingerprint density at radius 3 is 2.65 bits per heavy atom. The van der Waals surface area contributed by atoms with Crippen LogP contribution in [-0.2, 0) is 4.74 Å². The number of methoxy groups -OCH3 is 1. The third kappa shape index (κ3) is 5.54. The Kier molecular flexibility index (Phi) is 6.66. The second kappa shape index (κ2) is 8.94. The molecule has 2 rings (SSSR count). The molecule has 1 aromatic heterocycles. The van der Waals surface area contributed by atoms with Crippen LogP contribution in [0.3, 0.4) is 0 Å². The van der Waals surface area contributed by atoms with Gasteiger partial charge in [0, 0.05) is 18.3 Å². The third-order valence-electron chi connectivity index (χ3n) is 3.63. The van der Waals surface area contributed by atoms with Crippen LogP contribution in [0.2, 0.25) is 0 Å². The van der Waals surface area contributed by atoms with Gasteiger partial charge in [0.15, 0.2) is 0 Å². The van der Waals surface area contributed by atoms with E-state index in [1.165, 1.54) is 7.11 Å². The first-order valence-electron chi connectivity index (χ1n) is 8.48. The zero-order valence-corrected chi connectivity index (χ0v) is 15.5. The standard InChI is InChI=1S/C19H24N4O3/c1-12(2)8-9-20-18(24)16-11-17(22-13(3)21-16)23-15-7-5-6-14(10-15)19(25)26-4/h5-7,10-12H,8-9H2,1-4H3,(H,20,24)(H,21,22,23). The van der Waals surface area contributed by atoms with E-state index in [1.54, 1.807) is 37.3 Å². The first-order chi connectivity index (χ1) is 12.4. The van der Waals surface area contributed by atoms with Gasteiger partial charge in [-0.1, -0.05) is 19.9 Å². The Morgan fingerprint density at radius 1 is 1.19 bits per heavy atom. The molecule has 1 aromatic carbocycles. The van der Waals surface area contributed by atoms with Crippen molar-refractivity contribution in [3.05, 3.63) is 47.4 Å². The lowest BCUT2D eigenvalue weighted by atomic mass is 10.1. The summed E-state index contributed by atoms with van der Waals surface area (Å²) in [5, 5.41) is 5.96. The Bertz CT molecular complexity index is 790. The highest BCUT2D eigenvalue weighted by Crippen LogP contribution is 2.17. The topological polar surface area (TPSA) is 93.2 Å². The van der Waals surface area contributed by atoms with E-state index in [2.05, 4.69) is 34.4 Å². The molecular weight excluding hydrogens is 332 g/mol. The normalized spacial score (nSPS) is 10.5. The van der Waals surface area contributed by atoms with Gasteiger partial charge in [-0.05, 0) is 37.5 Å². The number of nitrogens with zero attached hydrogens (tertiary/aromatic N) is 2. The summed E-state index contributed by atoms with van der Waals surface area (Å²) in [7, 11) is 1.33. The predicted molar refractivity (Wildman–Crippen MR) is 99.6 cm³/mol. The molecule has 1 amide bonds. The smallest absolute Gasteiger partial charge is 0.337 e. The van der Waals surface area contributed by atoms with Crippen LogP contribution in [0.15, 0.2) is 30.3 Å². The van der Waals surface area contributed by atoms with Gasteiger partial charge in [0.05, 0.1) is 12.7 Å². The van der Waals surface area contributed by atoms with Gasteiger partial charge in [0.25, 0.3) is 5.91 Å². The van der Waals surface area contributed by atoms with Crippen LogP contribution in [0.4, 0.5) is 11.5 Å². The molecule has 0 spiro atoms. The number of anilines is 2. The Balaban J connectivity index is 2.14. The van der Waals surface area contributed by atoms with E-state index in [0.29, 0.717) is 41.0 Å². The lowest BCUT2D eigenvalue weighted by Crippen LogP contribution is -2.26. The molecule has 0 atom stereocenters. The fourth-order valence-corrected chi connectivity index (χ4v) is 2.30. The van der Waals surface area contributed by atoms with Gasteiger partial charge in [-0.2, -0.15) is 0 Å². The van der Waals surface area contributed by atoms with E-state index in [-0.39, 0.29) is 5.91 Å². The van der Waals surface area contributed by atoms with Crippen molar-refractivity contribution >= 4 is 23.4 Å². The molecule has 0 aliphatic rings. The van der Waals surface area contributed by atoms with Gasteiger partial charge in [-0.25, -0.2) is 14.8 Å². The van der Waals surface area contributed by atoms with Gasteiger partial charge in [-0.15, -0.1) is 0 Å². The molecular formula is C19H24N4O3. The van der Waals surface area contributed by atoms with Gasteiger partial charge >= 0.3 is 5.97 Å². The SMILES string of the molecule is COC(=O)c1cccc(Nc2cc(C(=O)NCCC(C)C)nc(C)n2)c1. The molecule has 0 radical (unpaired) electrons. The number of esters is 1. The molecule has 0 aliphatic heterocycles. The molecule has 2 N–H and O–H groups in total. The van der Waals surface area contributed by atoms with Crippen molar-refractivity contribution < 1.29 is 14.3 Å². The van der Waals surface area contributed by atoms with Crippen LogP contribution in [-0.4, -0.2) is 35.5 Å². The van der Waals surface area contributed by atoms with Crippen molar-refractivity contribution in [1.29, 1.82) is 0 Å². The second-order valence-corrected chi connectivity index (χ2v) is 6.32. The number of ether oxygens (including phenoxy) is 1. The largest absolute Gasteiger partial charge is 0.465 e. The number of hydrogen-bond donors (Lipinski definition) is 2. The number of hydrogen-bond acceptors (Lipinski definition) is 6. The first-order valence-corrected chi connectivity index (χ1v) is 8.48. The minimum atomic E-state index is -0.419. The van der Waals surface area contributed by atoms with E-state index in [0.717, 1.165) is 6.42 Å². The Morgan fingerprint density at radius 2 is 1.96 bits per heavy atom. The van der Waals surface area contributed by atoms with Gasteiger partial charge in [0.2, 0.25) is 0 Å². The molecule has 0 bridgehead atoms. The summed E-state index contributed by atoms with van der Waals surface area (Å²) in [5.41, 5.74) is 1.39. The van der Waals surface area contributed by atoms with Crippen LogP contribution < -0.4 is 10.6 Å². The van der Waals surface area contributed by atoms with E-state index in [9.17, 15) is 9.59 Å². The highest BCUT2D eigenvalue weighted by Gasteiger charge is 2.11. The summed E-state index contributed by atoms with van der Waals surface area (Å²) in [4.78, 5) is 32.4. The quantitative estimate of drug-likeness (QED) is 0.741. The zero-order chi connectivity index (χ0) is 19.1. The van der Waals surface area contributed by atoms with Crippen molar-refractivity contribution in [2.45, 2.75) is 27.2 Å². The van der Waals surface area contributed by atoms with Crippen molar-refractivity contribution in [2.24, 2.45) is 5.92 Å². The second-order valence-electron chi connectivity index (χ2n) is 6.32. The van der Waals surface area contributed by atoms with Crippen molar-refractivity contribution in [2.75, 3.05) is 19.0 Å². The molecule has 26 heavy (non-hydrogen) atoms. The molecule has 138 valence electrons. The lowest BCUT2D eigenvalue weighted by molar-refractivity contribution is 0.0600. The number of amides is 1. The van der Waals surface area contributed by atoms with Crippen molar-refractivity contribution in [3.63, 3.8) is 0 Å². The summed E-state index contributed by atoms with van der Waals surface area (Å²) in [6.45, 7) is 6.53. The third-order valence-corrected chi connectivity index (χ3v) is 3.63. The van der Waals surface area contributed by atoms with E-state index in [1.807, 2.05) is 0 Å². The maximum Gasteiger partial charge on any atom is 0.337 e. The predicted octanol–water partition coefficient (Wildman–Crippen LogP) is 3.09. The Labute approximate surface area is 153 Å². The monoisotopic (exact) mass is 356 g/mol. The van der Waals surface area contributed by atoms with Crippen LogP contribution in [0.1, 0.15) is 46.9 Å². The average molecular weight is 356 g/mol. The van der Waals surface area contributed by atoms with Crippen LogP contribution in [0.5, 0.6) is 0 Å². The zero-order valence-electron chi connectivity index (χ0n) is 15.5. The number of carbonyl (C=O) groups is 2. The number of aromatic nitrogens is 2. The summed E-state index contributed by atoms with van der Waals surface area (Å²) in [6.07, 6.45) is 0.904. The summed E-state index contributed by atoms with van der Waals surface area (Å²) < 4.78 is 4.72. The van der Waals surface area contributed by atoms with Gasteiger partial charge in [0.1, 0.15) is 17.3 Å². The van der Waals surface area contributed by atoms with Crippen LogP contribution >= 0.6 is 0 Å². The number of aryl methyl sites for hydroxylation is 1. The minimum absolute atomic E-state index is 0.234. The molecule has 2 aromatic rings. The Hall–Kier alpha value is -2.96. The molecule has 1 heterocycles. The van der Waals surface area contributed by atoms with Crippen LogP contribution in [0, 0.1) is 12.8 Å². The van der Waals surface area contributed by atoms with E-state index < -0.39 is 5.97 Å². The maximum atomic E-state index is 12.3. The first kappa shape index (κ1) is 19.4. The molecule has 0 saturated carbocycles. The molecule has 0 aliphatic carbocycles. The molecule has 0 saturated heterocycles. The number of rotatable bonds is 7. The number of nitrogens with one attached hydrogen (secondary N) is 2. The lowest BCUT2D eigenvalue weighted by Gasteiger charge is -2.10. The minimum Gasteiger partial charge on any atom is -0.465 e. The summed E-state index contributed by atoms with van der Waals surface area (Å²) in [6, 6.07) is 8.44. The average Bonchev–Trinajstić information content (AvgIpc) is 2.60. The highest BCUT2D eigenvalue weighted by atomic mass is 16.5.